The largest absolute Gasteiger partial charge is 0.504 e. The summed E-state index contributed by atoms with van der Waals surface area (Å²) in [5, 5.41) is 12.3. The third-order valence-corrected chi connectivity index (χ3v) is 4.70. The number of carbonyl (C=O) groups excluding carboxylic acids is 1. The topological polar surface area (TPSA) is 81.8 Å². The normalized spacial score (nSPS) is 16.0. The molecule has 0 amide bonds. The Labute approximate surface area is 156 Å². The van der Waals surface area contributed by atoms with E-state index in [1.165, 1.54) is 0 Å². The van der Waals surface area contributed by atoms with E-state index in [4.69, 9.17) is 15.2 Å². The summed E-state index contributed by atoms with van der Waals surface area (Å²) in [5.41, 5.74) is 7.92. The highest BCUT2D eigenvalue weighted by Crippen LogP contribution is 2.49. The monoisotopic (exact) mass is 361 g/mol. The summed E-state index contributed by atoms with van der Waals surface area (Å²) in [7, 11) is 0. The van der Waals surface area contributed by atoms with Crippen LogP contribution in [-0.2, 0) is 9.53 Å². The zero-order valence-electron chi connectivity index (χ0n) is 14.8. The molecule has 3 aromatic carbocycles. The van der Waals surface area contributed by atoms with E-state index in [1.54, 1.807) is 13.0 Å². The van der Waals surface area contributed by atoms with Gasteiger partial charge in [0.1, 0.15) is 5.57 Å². The quantitative estimate of drug-likeness (QED) is 0.694. The molecule has 5 nitrogen and oxygen atoms in total. The van der Waals surface area contributed by atoms with Gasteiger partial charge in [-0.25, -0.2) is 4.79 Å². The van der Waals surface area contributed by atoms with Crippen molar-refractivity contribution in [2.45, 2.75) is 12.8 Å². The molecule has 1 atom stereocenters. The Kier molecular flexibility index (Phi) is 4.20. The highest BCUT2D eigenvalue weighted by atomic mass is 16.5. The van der Waals surface area contributed by atoms with E-state index < -0.39 is 11.9 Å². The van der Waals surface area contributed by atoms with E-state index in [0.29, 0.717) is 5.56 Å². The Morgan fingerprint density at radius 3 is 2.59 bits per heavy atom. The summed E-state index contributed by atoms with van der Waals surface area (Å²) in [6.45, 7) is 1.97. The second kappa shape index (κ2) is 6.68. The van der Waals surface area contributed by atoms with Crippen LogP contribution in [0.15, 0.2) is 72.1 Å². The fraction of sp³-hybridized carbons (Fsp3) is 0.136. The number of esters is 1. The molecule has 1 unspecified atom stereocenters. The predicted molar refractivity (Wildman–Crippen MR) is 102 cm³/mol. The number of carbonyl (C=O) groups is 1. The lowest BCUT2D eigenvalue weighted by Gasteiger charge is -2.30. The molecule has 0 aromatic heterocycles. The molecule has 5 heteroatoms. The lowest BCUT2D eigenvalue weighted by Crippen LogP contribution is -2.27. The van der Waals surface area contributed by atoms with E-state index in [0.717, 1.165) is 16.3 Å². The molecule has 0 aliphatic carbocycles. The minimum Gasteiger partial charge on any atom is -0.504 e. The van der Waals surface area contributed by atoms with Crippen LogP contribution in [0.25, 0.3) is 10.8 Å². The van der Waals surface area contributed by atoms with Crippen LogP contribution < -0.4 is 10.5 Å². The molecule has 3 aromatic rings. The van der Waals surface area contributed by atoms with Crippen LogP contribution in [0, 0.1) is 0 Å². The van der Waals surface area contributed by atoms with E-state index >= 15 is 0 Å². The molecule has 0 spiro atoms. The van der Waals surface area contributed by atoms with Crippen LogP contribution in [0.4, 0.5) is 0 Å². The summed E-state index contributed by atoms with van der Waals surface area (Å²) >= 11 is 0. The molecule has 27 heavy (non-hydrogen) atoms. The Morgan fingerprint density at radius 2 is 1.85 bits per heavy atom. The lowest BCUT2D eigenvalue weighted by molar-refractivity contribution is -0.139. The van der Waals surface area contributed by atoms with E-state index in [9.17, 15) is 9.90 Å². The first kappa shape index (κ1) is 17.0. The number of benzene rings is 3. The maximum Gasteiger partial charge on any atom is 0.340 e. The van der Waals surface area contributed by atoms with Gasteiger partial charge in [0.2, 0.25) is 5.88 Å². The van der Waals surface area contributed by atoms with Crippen molar-refractivity contribution in [1.82, 2.24) is 0 Å². The summed E-state index contributed by atoms with van der Waals surface area (Å²) in [5.74, 6) is -0.836. The zero-order chi connectivity index (χ0) is 19.0. The van der Waals surface area contributed by atoms with Crippen LogP contribution in [-0.4, -0.2) is 17.7 Å². The van der Waals surface area contributed by atoms with E-state index in [2.05, 4.69) is 0 Å². The summed E-state index contributed by atoms with van der Waals surface area (Å²) in [6, 6.07) is 18.8. The van der Waals surface area contributed by atoms with Crippen LogP contribution in [0.3, 0.4) is 0 Å². The van der Waals surface area contributed by atoms with Gasteiger partial charge in [0.25, 0.3) is 0 Å². The summed E-state index contributed by atoms with van der Waals surface area (Å²) in [4.78, 5) is 12.7. The highest BCUT2D eigenvalue weighted by molar-refractivity contribution is 5.98. The average Bonchev–Trinajstić information content (AvgIpc) is 2.68. The van der Waals surface area contributed by atoms with Crippen molar-refractivity contribution in [1.29, 1.82) is 0 Å². The number of ether oxygens (including phenoxy) is 2. The van der Waals surface area contributed by atoms with E-state index in [-0.39, 0.29) is 29.6 Å². The molecule has 1 heterocycles. The number of phenols is 1. The zero-order valence-corrected chi connectivity index (χ0v) is 14.8. The SMILES string of the molecule is CCOC(=O)C1=C(N)Oc2c(O)cc3ccccc3c2C1c1ccccc1. The van der Waals surface area contributed by atoms with Gasteiger partial charge in [-0.1, -0.05) is 54.6 Å². The smallest absolute Gasteiger partial charge is 0.340 e. The number of aromatic hydroxyl groups is 1. The molecule has 0 saturated carbocycles. The molecule has 1 aliphatic heterocycles. The Bertz CT molecular complexity index is 1060. The number of hydrogen-bond donors (Lipinski definition) is 2. The second-order valence-corrected chi connectivity index (χ2v) is 6.30. The second-order valence-electron chi connectivity index (χ2n) is 6.30. The average molecular weight is 361 g/mol. The third kappa shape index (κ3) is 2.77. The number of rotatable bonds is 3. The van der Waals surface area contributed by atoms with Crippen LogP contribution in [0.5, 0.6) is 11.5 Å². The fourth-order valence-corrected chi connectivity index (χ4v) is 3.59. The molecular formula is C22H19NO4. The lowest BCUT2D eigenvalue weighted by atomic mass is 9.80. The van der Waals surface area contributed by atoms with Crippen molar-refractivity contribution in [3.8, 4) is 11.5 Å². The summed E-state index contributed by atoms with van der Waals surface area (Å²) in [6.07, 6.45) is 0. The maximum absolute atomic E-state index is 12.7. The highest BCUT2D eigenvalue weighted by Gasteiger charge is 2.38. The molecule has 0 bridgehead atoms. The molecule has 1 aliphatic rings. The van der Waals surface area contributed by atoms with Gasteiger partial charge in [0, 0.05) is 5.56 Å². The maximum atomic E-state index is 12.7. The fourth-order valence-electron chi connectivity index (χ4n) is 3.59. The van der Waals surface area contributed by atoms with Crippen molar-refractivity contribution in [2.24, 2.45) is 5.73 Å². The first-order chi connectivity index (χ1) is 13.1. The standard InChI is InChI=1S/C22H19NO4/c1-2-26-22(25)19-17(13-8-4-3-5-9-13)18-15-11-7-6-10-14(15)12-16(24)20(18)27-21(19)23/h3-12,17,24H,2,23H2,1H3. The van der Waals surface area contributed by atoms with E-state index in [1.807, 2.05) is 54.6 Å². The minimum absolute atomic E-state index is 0.0181. The van der Waals surface area contributed by atoms with Gasteiger partial charge < -0.3 is 20.3 Å². The van der Waals surface area contributed by atoms with Gasteiger partial charge in [-0.2, -0.15) is 0 Å². The molecule has 0 fully saturated rings. The Hall–Kier alpha value is -3.47. The van der Waals surface area contributed by atoms with Crippen LogP contribution in [0.1, 0.15) is 24.0 Å². The number of fused-ring (bicyclic) bond motifs is 3. The van der Waals surface area contributed by atoms with Gasteiger partial charge >= 0.3 is 5.97 Å². The number of nitrogens with two attached hydrogens (primary N) is 1. The first-order valence-electron chi connectivity index (χ1n) is 8.76. The first-order valence-corrected chi connectivity index (χ1v) is 8.76. The molecular weight excluding hydrogens is 342 g/mol. The number of phenolic OH excluding ortho intramolecular Hbond substituents is 1. The molecule has 4 rings (SSSR count). The predicted octanol–water partition coefficient (Wildman–Crippen LogP) is 3.80. The number of hydrogen-bond acceptors (Lipinski definition) is 5. The van der Waals surface area contributed by atoms with Gasteiger partial charge in [0.15, 0.2) is 11.5 Å². The van der Waals surface area contributed by atoms with Gasteiger partial charge in [0.05, 0.1) is 12.5 Å². The van der Waals surface area contributed by atoms with Gasteiger partial charge in [-0.05, 0) is 29.3 Å². The Balaban J connectivity index is 2.06. The molecule has 0 radical (unpaired) electrons. The van der Waals surface area contributed by atoms with Crippen molar-refractivity contribution in [2.75, 3.05) is 6.61 Å². The molecule has 0 saturated heterocycles. The van der Waals surface area contributed by atoms with Crippen LogP contribution in [0.2, 0.25) is 0 Å². The summed E-state index contributed by atoms with van der Waals surface area (Å²) < 4.78 is 11.0. The molecule has 3 N–H and O–H groups in total. The Morgan fingerprint density at radius 1 is 1.15 bits per heavy atom. The van der Waals surface area contributed by atoms with Crippen molar-refractivity contribution < 1.29 is 19.4 Å². The van der Waals surface area contributed by atoms with Crippen molar-refractivity contribution >= 4 is 16.7 Å². The van der Waals surface area contributed by atoms with Crippen LogP contribution >= 0.6 is 0 Å². The molecule has 136 valence electrons. The minimum atomic E-state index is -0.526. The third-order valence-electron chi connectivity index (χ3n) is 4.70. The van der Waals surface area contributed by atoms with Gasteiger partial charge in [-0.15, -0.1) is 0 Å². The van der Waals surface area contributed by atoms with Gasteiger partial charge in [-0.3, -0.25) is 0 Å². The van der Waals surface area contributed by atoms with Crippen molar-refractivity contribution in [3.63, 3.8) is 0 Å². The van der Waals surface area contributed by atoms with Crippen molar-refractivity contribution in [3.05, 3.63) is 83.2 Å².